The van der Waals surface area contributed by atoms with Crippen LogP contribution in [-0.4, -0.2) is 63.3 Å². The maximum absolute atomic E-state index is 12.8. The molecule has 7 heteroatoms. The van der Waals surface area contributed by atoms with Crippen molar-refractivity contribution in [1.29, 1.82) is 0 Å². The first-order valence-corrected chi connectivity index (χ1v) is 7.94. The van der Waals surface area contributed by atoms with Crippen LogP contribution in [0, 0.1) is 0 Å². The third kappa shape index (κ3) is 3.79. The van der Waals surface area contributed by atoms with Crippen molar-refractivity contribution in [3.8, 4) is 11.5 Å². The van der Waals surface area contributed by atoms with E-state index in [1.807, 2.05) is 4.90 Å². The molecule has 7 nitrogen and oxygen atoms in total. The van der Waals surface area contributed by atoms with Gasteiger partial charge in [-0.2, -0.15) is 0 Å². The van der Waals surface area contributed by atoms with Gasteiger partial charge in [0.2, 0.25) is 5.91 Å². The molecule has 0 radical (unpaired) electrons. The Morgan fingerprint density at radius 2 is 2.00 bits per heavy atom. The minimum absolute atomic E-state index is 0.0860. The zero-order chi connectivity index (χ0) is 17.7. The first-order valence-electron chi connectivity index (χ1n) is 7.94. The fourth-order valence-electron chi connectivity index (χ4n) is 2.75. The second kappa shape index (κ2) is 8.01. The van der Waals surface area contributed by atoms with Crippen LogP contribution < -0.4 is 14.4 Å². The molecule has 0 aromatic heterocycles. The third-order valence-corrected chi connectivity index (χ3v) is 4.10. The van der Waals surface area contributed by atoms with E-state index in [-0.39, 0.29) is 18.4 Å². The second-order valence-corrected chi connectivity index (χ2v) is 5.48. The van der Waals surface area contributed by atoms with Crippen molar-refractivity contribution in [3.63, 3.8) is 0 Å². The molecule has 0 aliphatic carbocycles. The standard InChI is InChI=1S/C17H24N2O5/c1-5-24-16(20)11-18-8-9-19(17(21)12(18)2)14-10-13(22-3)6-7-15(14)23-4/h6-7,10,12H,5,8-9,11H2,1-4H3/t12-/m0/s1. The van der Waals surface area contributed by atoms with E-state index in [0.29, 0.717) is 36.9 Å². The Hall–Kier alpha value is -2.28. The van der Waals surface area contributed by atoms with Gasteiger partial charge in [0, 0.05) is 19.2 Å². The maximum atomic E-state index is 12.8. The Labute approximate surface area is 142 Å². The van der Waals surface area contributed by atoms with Crippen LogP contribution in [0.25, 0.3) is 0 Å². The van der Waals surface area contributed by atoms with Gasteiger partial charge in [0.1, 0.15) is 11.5 Å². The molecule has 0 spiro atoms. The van der Waals surface area contributed by atoms with E-state index in [9.17, 15) is 9.59 Å². The molecule has 1 amide bonds. The highest BCUT2D eigenvalue weighted by Crippen LogP contribution is 2.34. The van der Waals surface area contributed by atoms with E-state index < -0.39 is 6.04 Å². The highest BCUT2D eigenvalue weighted by Gasteiger charge is 2.34. The molecule has 24 heavy (non-hydrogen) atoms. The van der Waals surface area contributed by atoms with E-state index in [1.165, 1.54) is 0 Å². The van der Waals surface area contributed by atoms with Crippen molar-refractivity contribution in [2.45, 2.75) is 19.9 Å². The Morgan fingerprint density at radius 1 is 1.25 bits per heavy atom. The first-order chi connectivity index (χ1) is 11.5. The summed E-state index contributed by atoms with van der Waals surface area (Å²) in [6.45, 7) is 5.05. The minimum Gasteiger partial charge on any atom is -0.497 e. The molecular formula is C17H24N2O5. The molecule has 0 unspecified atom stereocenters. The van der Waals surface area contributed by atoms with Crippen LogP contribution >= 0.6 is 0 Å². The average molecular weight is 336 g/mol. The number of esters is 1. The van der Waals surface area contributed by atoms with E-state index in [0.717, 1.165) is 0 Å². The number of rotatable bonds is 6. The Morgan fingerprint density at radius 3 is 2.62 bits per heavy atom. The lowest BCUT2D eigenvalue weighted by Gasteiger charge is -2.38. The predicted molar refractivity (Wildman–Crippen MR) is 89.6 cm³/mol. The summed E-state index contributed by atoms with van der Waals surface area (Å²) in [6.07, 6.45) is 0. The monoisotopic (exact) mass is 336 g/mol. The quantitative estimate of drug-likeness (QED) is 0.730. The van der Waals surface area contributed by atoms with Crippen LogP contribution in [-0.2, 0) is 14.3 Å². The number of methoxy groups -OCH3 is 2. The van der Waals surface area contributed by atoms with Gasteiger partial charge in [-0.25, -0.2) is 0 Å². The summed E-state index contributed by atoms with van der Waals surface area (Å²) < 4.78 is 15.6. The molecule has 132 valence electrons. The van der Waals surface area contributed by atoms with Crippen LogP contribution in [0.3, 0.4) is 0 Å². The normalized spacial score (nSPS) is 18.4. The molecule has 0 N–H and O–H groups in total. The Bertz CT molecular complexity index is 605. The Kier molecular flexibility index (Phi) is 6.03. The fourth-order valence-corrected chi connectivity index (χ4v) is 2.75. The van der Waals surface area contributed by atoms with E-state index >= 15 is 0 Å². The van der Waals surface area contributed by atoms with Crippen LogP contribution in [0.4, 0.5) is 5.69 Å². The van der Waals surface area contributed by atoms with Crippen molar-refractivity contribution >= 4 is 17.6 Å². The molecule has 1 aromatic rings. The number of carbonyl (C=O) groups is 2. The molecule has 0 bridgehead atoms. The van der Waals surface area contributed by atoms with Crippen molar-refractivity contribution in [2.24, 2.45) is 0 Å². The molecule has 0 saturated carbocycles. The van der Waals surface area contributed by atoms with Gasteiger partial charge >= 0.3 is 5.97 Å². The minimum atomic E-state index is -0.418. The highest BCUT2D eigenvalue weighted by atomic mass is 16.5. The number of nitrogens with zero attached hydrogens (tertiary/aromatic N) is 2. The lowest BCUT2D eigenvalue weighted by molar-refractivity contribution is -0.145. The number of carbonyl (C=O) groups excluding carboxylic acids is 2. The molecule has 1 atom stereocenters. The van der Waals surface area contributed by atoms with Gasteiger partial charge in [-0.15, -0.1) is 0 Å². The number of piperazine rings is 1. The van der Waals surface area contributed by atoms with Crippen LogP contribution in [0.5, 0.6) is 11.5 Å². The average Bonchev–Trinajstić information content (AvgIpc) is 2.59. The van der Waals surface area contributed by atoms with Gasteiger partial charge in [-0.05, 0) is 26.0 Å². The van der Waals surface area contributed by atoms with Gasteiger partial charge in [0.15, 0.2) is 0 Å². The van der Waals surface area contributed by atoms with Gasteiger partial charge < -0.3 is 19.1 Å². The summed E-state index contributed by atoms with van der Waals surface area (Å²) in [5.74, 6) is 0.858. The lowest BCUT2D eigenvalue weighted by Crippen LogP contribution is -2.57. The smallest absolute Gasteiger partial charge is 0.320 e. The lowest BCUT2D eigenvalue weighted by atomic mass is 10.1. The van der Waals surface area contributed by atoms with Crippen LogP contribution in [0.2, 0.25) is 0 Å². The zero-order valence-corrected chi connectivity index (χ0v) is 14.6. The number of hydrogen-bond acceptors (Lipinski definition) is 6. The summed E-state index contributed by atoms with van der Waals surface area (Å²) in [5, 5.41) is 0. The fraction of sp³-hybridized carbons (Fsp3) is 0.529. The largest absolute Gasteiger partial charge is 0.497 e. The number of ether oxygens (including phenoxy) is 3. The number of benzene rings is 1. The van der Waals surface area contributed by atoms with Crippen molar-refractivity contribution in [2.75, 3.05) is 45.4 Å². The molecule has 1 saturated heterocycles. The van der Waals surface area contributed by atoms with E-state index in [4.69, 9.17) is 14.2 Å². The number of anilines is 1. The third-order valence-electron chi connectivity index (χ3n) is 4.10. The molecule has 1 heterocycles. The first kappa shape index (κ1) is 18.1. The molecule has 1 fully saturated rings. The number of amides is 1. The Balaban J connectivity index is 2.18. The summed E-state index contributed by atoms with van der Waals surface area (Å²) >= 11 is 0. The molecule has 1 aliphatic rings. The number of hydrogen-bond donors (Lipinski definition) is 0. The molecular weight excluding hydrogens is 312 g/mol. The topological polar surface area (TPSA) is 68.3 Å². The van der Waals surface area contributed by atoms with Gasteiger partial charge in [-0.3, -0.25) is 14.5 Å². The van der Waals surface area contributed by atoms with Gasteiger partial charge in [0.05, 0.1) is 39.1 Å². The molecule has 1 aromatic carbocycles. The van der Waals surface area contributed by atoms with Crippen LogP contribution in [0.1, 0.15) is 13.8 Å². The SMILES string of the molecule is CCOC(=O)CN1CCN(c2cc(OC)ccc2OC)C(=O)[C@@H]1C. The van der Waals surface area contributed by atoms with E-state index in [1.54, 1.807) is 51.2 Å². The van der Waals surface area contributed by atoms with Gasteiger partial charge in [0.25, 0.3) is 0 Å². The van der Waals surface area contributed by atoms with Crippen molar-refractivity contribution < 1.29 is 23.8 Å². The van der Waals surface area contributed by atoms with Crippen molar-refractivity contribution in [3.05, 3.63) is 18.2 Å². The molecule has 1 aliphatic heterocycles. The summed E-state index contributed by atoms with van der Waals surface area (Å²) in [5.41, 5.74) is 0.671. The second-order valence-electron chi connectivity index (χ2n) is 5.48. The van der Waals surface area contributed by atoms with Crippen LogP contribution in [0.15, 0.2) is 18.2 Å². The highest BCUT2D eigenvalue weighted by molar-refractivity contribution is 5.99. The summed E-state index contributed by atoms with van der Waals surface area (Å²) in [4.78, 5) is 27.9. The van der Waals surface area contributed by atoms with Crippen molar-refractivity contribution in [1.82, 2.24) is 4.90 Å². The summed E-state index contributed by atoms with van der Waals surface area (Å²) in [6, 6.07) is 4.92. The predicted octanol–water partition coefficient (Wildman–Crippen LogP) is 1.30. The van der Waals surface area contributed by atoms with E-state index in [2.05, 4.69) is 0 Å². The molecule has 2 rings (SSSR count). The maximum Gasteiger partial charge on any atom is 0.320 e. The van der Waals surface area contributed by atoms with Gasteiger partial charge in [-0.1, -0.05) is 0 Å². The summed E-state index contributed by atoms with van der Waals surface area (Å²) in [7, 11) is 3.14. The zero-order valence-electron chi connectivity index (χ0n) is 14.6.